The van der Waals surface area contributed by atoms with Crippen molar-refractivity contribution in [2.24, 2.45) is 5.92 Å². The minimum atomic E-state index is -3.45. The Labute approximate surface area is 144 Å². The molecule has 0 aliphatic carbocycles. The Morgan fingerprint density at radius 3 is 2.42 bits per heavy atom. The molecule has 0 atom stereocenters. The van der Waals surface area contributed by atoms with Gasteiger partial charge in [-0.2, -0.15) is 0 Å². The molecule has 4 nitrogen and oxygen atoms in total. The van der Waals surface area contributed by atoms with Crippen LogP contribution in [0.4, 0.5) is 4.39 Å². The van der Waals surface area contributed by atoms with E-state index in [4.69, 9.17) is 0 Å². The predicted molar refractivity (Wildman–Crippen MR) is 92.9 cm³/mol. The zero-order valence-corrected chi connectivity index (χ0v) is 15.4. The van der Waals surface area contributed by atoms with Crippen molar-refractivity contribution in [3.8, 4) is 0 Å². The zero-order chi connectivity index (χ0) is 18.0. The maximum Gasteiger partial charge on any atom is 0.237 e. The van der Waals surface area contributed by atoms with Crippen LogP contribution in [0.15, 0.2) is 24.3 Å². The molecule has 1 saturated heterocycles. The molecule has 2 rings (SSSR count). The molecule has 134 valence electrons. The van der Waals surface area contributed by atoms with Gasteiger partial charge >= 0.3 is 0 Å². The number of benzene rings is 1. The Morgan fingerprint density at radius 1 is 1.25 bits per heavy atom. The first-order chi connectivity index (χ1) is 11.1. The second-order valence-electron chi connectivity index (χ2n) is 7.53. The van der Waals surface area contributed by atoms with Crippen molar-refractivity contribution in [1.29, 1.82) is 0 Å². The molecule has 24 heavy (non-hydrogen) atoms. The molecule has 1 fully saturated rings. The van der Waals surface area contributed by atoms with Gasteiger partial charge in [0.15, 0.2) is 9.84 Å². The third kappa shape index (κ3) is 4.79. The van der Waals surface area contributed by atoms with Gasteiger partial charge in [0.05, 0.1) is 4.75 Å². The lowest BCUT2D eigenvalue weighted by Crippen LogP contribution is -2.44. The van der Waals surface area contributed by atoms with Gasteiger partial charge in [-0.15, -0.1) is 0 Å². The lowest BCUT2D eigenvalue weighted by Gasteiger charge is -2.32. The molecule has 6 heteroatoms. The van der Waals surface area contributed by atoms with Gasteiger partial charge < -0.3 is 4.90 Å². The molecule has 1 aliphatic heterocycles. The van der Waals surface area contributed by atoms with E-state index < -0.39 is 20.3 Å². The van der Waals surface area contributed by atoms with Crippen LogP contribution in [-0.4, -0.2) is 42.8 Å². The summed E-state index contributed by atoms with van der Waals surface area (Å²) in [6.45, 7) is 5.97. The van der Waals surface area contributed by atoms with E-state index in [1.165, 1.54) is 6.07 Å². The first-order valence-electron chi connectivity index (χ1n) is 8.33. The highest BCUT2D eigenvalue weighted by atomic mass is 32.2. The summed E-state index contributed by atoms with van der Waals surface area (Å²) in [5.74, 6) is -0.567. The summed E-state index contributed by atoms with van der Waals surface area (Å²) in [6.07, 6.45) is 2.43. The van der Waals surface area contributed by atoms with E-state index >= 15 is 0 Å². The van der Waals surface area contributed by atoms with Gasteiger partial charge in [0.25, 0.3) is 0 Å². The lowest BCUT2D eigenvalue weighted by atomic mass is 9.90. The molecule has 0 spiro atoms. The first-order valence-corrected chi connectivity index (χ1v) is 9.98. The third-order valence-electron chi connectivity index (χ3n) is 4.63. The molecule has 1 aromatic carbocycles. The van der Waals surface area contributed by atoms with Gasteiger partial charge in [-0.05, 0) is 63.6 Å². The highest BCUT2D eigenvalue weighted by Gasteiger charge is 2.33. The largest absolute Gasteiger partial charge is 0.342 e. The Bertz CT molecular complexity index is 686. The summed E-state index contributed by atoms with van der Waals surface area (Å²) in [4.78, 5) is 13.9. The summed E-state index contributed by atoms with van der Waals surface area (Å²) in [6, 6.07) is 6.60. The van der Waals surface area contributed by atoms with E-state index in [1.54, 1.807) is 37.8 Å². The van der Waals surface area contributed by atoms with Gasteiger partial charge in [0.2, 0.25) is 5.91 Å². The number of sulfone groups is 1. The summed E-state index contributed by atoms with van der Waals surface area (Å²) in [5, 5.41) is 0. The van der Waals surface area contributed by atoms with Crippen molar-refractivity contribution >= 4 is 15.7 Å². The van der Waals surface area contributed by atoms with Crippen LogP contribution < -0.4 is 0 Å². The quantitative estimate of drug-likeness (QED) is 0.834. The van der Waals surface area contributed by atoms with Crippen LogP contribution in [0.1, 0.15) is 39.2 Å². The number of hydrogen-bond acceptors (Lipinski definition) is 3. The number of piperidine rings is 1. The fraction of sp³-hybridized carbons (Fsp3) is 0.611. The highest BCUT2D eigenvalue weighted by molar-refractivity contribution is 7.93. The molecule has 0 unspecified atom stereocenters. The first kappa shape index (κ1) is 18.9. The molecule has 0 saturated carbocycles. The van der Waals surface area contributed by atoms with Crippen molar-refractivity contribution in [1.82, 2.24) is 4.90 Å². The Hall–Kier alpha value is -1.43. The summed E-state index contributed by atoms with van der Waals surface area (Å²) < 4.78 is 36.6. The van der Waals surface area contributed by atoms with Crippen LogP contribution >= 0.6 is 0 Å². The molecular weight excluding hydrogens is 329 g/mol. The van der Waals surface area contributed by atoms with E-state index in [2.05, 4.69) is 0 Å². The fourth-order valence-corrected chi connectivity index (χ4v) is 3.79. The minimum absolute atomic E-state index is 0.229. The van der Waals surface area contributed by atoms with Crippen LogP contribution in [0.3, 0.4) is 0 Å². The van der Waals surface area contributed by atoms with Gasteiger partial charge in [-0.3, -0.25) is 4.79 Å². The summed E-state index contributed by atoms with van der Waals surface area (Å²) in [7, 11) is -3.45. The molecule has 1 amide bonds. The standard InChI is InChI=1S/C18H26FNO3S/c1-18(2,3)24(22,23)13-17(21)20-9-7-14(8-10-20)11-15-5-4-6-16(19)12-15/h4-6,12,14H,7-11,13H2,1-3H3. The van der Waals surface area contributed by atoms with Crippen molar-refractivity contribution in [2.75, 3.05) is 18.8 Å². The van der Waals surface area contributed by atoms with Gasteiger partial charge in [-0.25, -0.2) is 12.8 Å². The number of hydrogen-bond donors (Lipinski definition) is 0. The normalized spacial score (nSPS) is 17.1. The molecule has 0 aromatic heterocycles. The number of rotatable bonds is 4. The Morgan fingerprint density at radius 2 is 1.88 bits per heavy atom. The second kappa shape index (κ2) is 7.21. The van der Waals surface area contributed by atoms with E-state index in [9.17, 15) is 17.6 Å². The monoisotopic (exact) mass is 355 g/mol. The van der Waals surface area contributed by atoms with Crippen molar-refractivity contribution in [3.05, 3.63) is 35.6 Å². The van der Waals surface area contributed by atoms with E-state index in [0.29, 0.717) is 19.0 Å². The second-order valence-corrected chi connectivity index (χ2v) is 10.3. The van der Waals surface area contributed by atoms with Gasteiger partial charge in [0.1, 0.15) is 11.6 Å². The fourth-order valence-electron chi connectivity index (χ4n) is 2.85. The zero-order valence-electron chi connectivity index (χ0n) is 14.6. The third-order valence-corrected chi connectivity index (χ3v) is 7.12. The highest BCUT2D eigenvalue weighted by Crippen LogP contribution is 2.23. The number of likely N-dealkylation sites (tertiary alicyclic amines) is 1. The van der Waals surface area contributed by atoms with Gasteiger partial charge in [0, 0.05) is 13.1 Å². The lowest BCUT2D eigenvalue weighted by molar-refractivity contribution is -0.129. The topological polar surface area (TPSA) is 54.5 Å². The van der Waals surface area contributed by atoms with Crippen molar-refractivity contribution in [2.45, 2.75) is 44.8 Å². The predicted octanol–water partition coefficient (Wildman–Crippen LogP) is 2.82. The number of nitrogens with zero attached hydrogens (tertiary/aromatic N) is 1. The maximum absolute atomic E-state index is 13.2. The summed E-state index contributed by atoms with van der Waals surface area (Å²) >= 11 is 0. The van der Waals surface area contributed by atoms with E-state index in [1.807, 2.05) is 6.07 Å². The molecule has 1 aliphatic rings. The van der Waals surface area contributed by atoms with Crippen molar-refractivity contribution < 1.29 is 17.6 Å². The van der Waals surface area contributed by atoms with Crippen LogP contribution in [0.2, 0.25) is 0 Å². The molecule has 0 radical (unpaired) electrons. The Balaban J connectivity index is 1.87. The molecule has 0 bridgehead atoms. The van der Waals surface area contributed by atoms with E-state index in [0.717, 1.165) is 24.8 Å². The minimum Gasteiger partial charge on any atom is -0.342 e. The smallest absolute Gasteiger partial charge is 0.237 e. The number of carbonyl (C=O) groups is 1. The molecular formula is C18H26FNO3S. The van der Waals surface area contributed by atoms with Gasteiger partial charge in [-0.1, -0.05) is 12.1 Å². The molecule has 1 aromatic rings. The maximum atomic E-state index is 13.2. The van der Waals surface area contributed by atoms with Crippen LogP contribution in [0.25, 0.3) is 0 Å². The average Bonchev–Trinajstić information content (AvgIpc) is 2.46. The van der Waals surface area contributed by atoms with Crippen LogP contribution in [-0.2, 0) is 21.1 Å². The van der Waals surface area contributed by atoms with Crippen LogP contribution in [0.5, 0.6) is 0 Å². The average molecular weight is 355 g/mol. The van der Waals surface area contributed by atoms with Crippen molar-refractivity contribution in [3.63, 3.8) is 0 Å². The molecule has 0 N–H and O–H groups in total. The SMILES string of the molecule is CC(C)(C)S(=O)(=O)CC(=O)N1CCC(Cc2cccc(F)c2)CC1. The Kier molecular flexibility index (Phi) is 5.68. The van der Waals surface area contributed by atoms with E-state index in [-0.39, 0.29) is 11.7 Å². The molecule has 1 heterocycles. The number of halogens is 1. The van der Waals surface area contributed by atoms with Crippen LogP contribution in [0, 0.1) is 11.7 Å². The number of carbonyl (C=O) groups excluding carboxylic acids is 1. The number of amides is 1. The summed E-state index contributed by atoms with van der Waals surface area (Å²) in [5.41, 5.74) is 0.968.